The second-order valence-electron chi connectivity index (χ2n) is 6.11. The Labute approximate surface area is 159 Å². The minimum atomic E-state index is -0.331. The molecule has 7 nitrogen and oxygen atoms in total. The van der Waals surface area contributed by atoms with Crippen LogP contribution >= 0.6 is 0 Å². The van der Waals surface area contributed by atoms with Gasteiger partial charge in [-0.1, -0.05) is 35.5 Å². The highest BCUT2D eigenvalue weighted by Gasteiger charge is 2.16. The van der Waals surface area contributed by atoms with Crippen molar-refractivity contribution >= 4 is 5.91 Å². The standard InChI is InChI=1S/C20H16FN5O2/c1-26-17(11-16(24-26)13-7-9-15(21)10-8-13)20(27)22-12-18-23-19(25-28-18)14-5-3-2-4-6-14/h2-11H,12H2,1H3,(H,22,27). The van der Waals surface area contributed by atoms with Gasteiger partial charge >= 0.3 is 0 Å². The van der Waals surface area contributed by atoms with Crippen LogP contribution in [-0.4, -0.2) is 25.8 Å². The second kappa shape index (κ2) is 7.43. The van der Waals surface area contributed by atoms with E-state index >= 15 is 0 Å². The molecule has 28 heavy (non-hydrogen) atoms. The summed E-state index contributed by atoms with van der Waals surface area (Å²) in [5, 5.41) is 11.0. The lowest BCUT2D eigenvalue weighted by atomic mass is 10.1. The number of nitrogens with zero attached hydrogens (tertiary/aromatic N) is 4. The Hall–Kier alpha value is -3.81. The van der Waals surface area contributed by atoms with Gasteiger partial charge in [-0.2, -0.15) is 10.1 Å². The highest BCUT2D eigenvalue weighted by molar-refractivity contribution is 5.93. The molecule has 0 fully saturated rings. The van der Waals surface area contributed by atoms with E-state index < -0.39 is 0 Å². The summed E-state index contributed by atoms with van der Waals surface area (Å²) < 4.78 is 19.7. The van der Waals surface area contributed by atoms with Crippen molar-refractivity contribution < 1.29 is 13.7 Å². The van der Waals surface area contributed by atoms with Crippen LogP contribution in [0.4, 0.5) is 4.39 Å². The predicted octanol–water partition coefficient (Wildman–Crippen LogP) is 3.21. The molecule has 2 aromatic heterocycles. The molecule has 0 atom stereocenters. The molecule has 0 saturated heterocycles. The van der Waals surface area contributed by atoms with Crippen molar-refractivity contribution in [2.45, 2.75) is 6.54 Å². The second-order valence-corrected chi connectivity index (χ2v) is 6.11. The maximum Gasteiger partial charge on any atom is 0.269 e. The smallest absolute Gasteiger partial charge is 0.269 e. The van der Waals surface area contributed by atoms with E-state index in [0.717, 1.165) is 11.1 Å². The van der Waals surface area contributed by atoms with Gasteiger partial charge in [0.05, 0.1) is 12.2 Å². The molecule has 0 aliphatic rings. The van der Waals surface area contributed by atoms with Crippen molar-refractivity contribution in [3.05, 3.63) is 78.1 Å². The number of nitrogens with one attached hydrogen (secondary N) is 1. The van der Waals surface area contributed by atoms with Crippen LogP contribution in [0, 0.1) is 5.82 Å². The molecule has 0 spiro atoms. The van der Waals surface area contributed by atoms with Crippen LogP contribution in [0.25, 0.3) is 22.6 Å². The number of benzene rings is 2. The Morgan fingerprint density at radius 2 is 1.86 bits per heavy atom. The van der Waals surface area contributed by atoms with E-state index in [0.29, 0.717) is 23.1 Å². The van der Waals surface area contributed by atoms with Gasteiger partial charge in [0, 0.05) is 18.2 Å². The number of carbonyl (C=O) groups is 1. The van der Waals surface area contributed by atoms with Crippen molar-refractivity contribution in [1.82, 2.24) is 25.2 Å². The van der Waals surface area contributed by atoms with Gasteiger partial charge in [0.2, 0.25) is 11.7 Å². The number of carbonyl (C=O) groups excluding carboxylic acids is 1. The van der Waals surface area contributed by atoms with Gasteiger partial charge in [0.25, 0.3) is 5.91 Å². The molecule has 0 saturated carbocycles. The lowest BCUT2D eigenvalue weighted by Crippen LogP contribution is -2.25. The summed E-state index contributed by atoms with van der Waals surface area (Å²) in [6.45, 7) is 0.0930. The highest BCUT2D eigenvalue weighted by atomic mass is 19.1. The maximum absolute atomic E-state index is 13.1. The molecule has 140 valence electrons. The molecule has 0 aliphatic heterocycles. The molecule has 1 N–H and O–H groups in total. The Morgan fingerprint density at radius 1 is 1.11 bits per heavy atom. The number of aryl methyl sites for hydroxylation is 1. The van der Waals surface area contributed by atoms with Gasteiger partial charge in [0.15, 0.2) is 0 Å². The zero-order valence-electron chi connectivity index (χ0n) is 15.0. The Kier molecular flexibility index (Phi) is 4.67. The average Bonchev–Trinajstić information content (AvgIpc) is 3.34. The van der Waals surface area contributed by atoms with Crippen LogP contribution < -0.4 is 5.32 Å². The SMILES string of the molecule is Cn1nc(-c2ccc(F)cc2)cc1C(=O)NCc1nc(-c2ccccc2)no1. The molecule has 4 rings (SSSR count). The van der Waals surface area contributed by atoms with Gasteiger partial charge in [-0.15, -0.1) is 0 Å². The minimum absolute atomic E-state index is 0.0930. The summed E-state index contributed by atoms with van der Waals surface area (Å²) in [5.74, 6) is 0.104. The summed E-state index contributed by atoms with van der Waals surface area (Å²) in [5.41, 5.74) is 2.50. The number of hydrogen-bond donors (Lipinski definition) is 1. The van der Waals surface area contributed by atoms with Crippen LogP contribution in [0.15, 0.2) is 65.2 Å². The van der Waals surface area contributed by atoms with E-state index in [1.165, 1.54) is 16.8 Å². The number of amides is 1. The molecule has 1 amide bonds. The van der Waals surface area contributed by atoms with Gasteiger partial charge < -0.3 is 9.84 Å². The third kappa shape index (κ3) is 3.66. The average molecular weight is 377 g/mol. The molecule has 8 heteroatoms. The summed E-state index contributed by atoms with van der Waals surface area (Å²) in [4.78, 5) is 16.8. The Balaban J connectivity index is 1.44. The lowest BCUT2D eigenvalue weighted by Gasteiger charge is -2.01. The van der Waals surface area contributed by atoms with Crippen molar-refractivity contribution in [1.29, 1.82) is 0 Å². The first kappa shape index (κ1) is 17.6. The normalized spacial score (nSPS) is 10.8. The van der Waals surface area contributed by atoms with Gasteiger partial charge in [0.1, 0.15) is 11.5 Å². The summed E-state index contributed by atoms with van der Waals surface area (Å²) in [6, 6.07) is 17.0. The third-order valence-corrected chi connectivity index (χ3v) is 4.15. The quantitative estimate of drug-likeness (QED) is 0.577. The molecule has 4 aromatic rings. The fraction of sp³-hybridized carbons (Fsp3) is 0.100. The number of halogens is 1. The monoisotopic (exact) mass is 377 g/mol. The van der Waals surface area contributed by atoms with Crippen LogP contribution in [0.3, 0.4) is 0 Å². The van der Waals surface area contributed by atoms with E-state index in [4.69, 9.17) is 4.52 Å². The molecule has 2 aromatic carbocycles. The van der Waals surface area contributed by atoms with Gasteiger partial charge in [-0.05, 0) is 30.3 Å². The number of rotatable bonds is 5. The van der Waals surface area contributed by atoms with Gasteiger partial charge in [-0.3, -0.25) is 9.48 Å². The Bertz CT molecular complexity index is 1100. The first-order chi connectivity index (χ1) is 13.6. The number of hydrogen-bond acceptors (Lipinski definition) is 5. The molecule has 2 heterocycles. The summed E-state index contributed by atoms with van der Waals surface area (Å²) >= 11 is 0. The van der Waals surface area contributed by atoms with E-state index in [1.807, 2.05) is 30.3 Å². The predicted molar refractivity (Wildman–Crippen MR) is 99.5 cm³/mol. The molecular formula is C20H16FN5O2. The topological polar surface area (TPSA) is 85.8 Å². The first-order valence-corrected chi connectivity index (χ1v) is 8.56. The Morgan fingerprint density at radius 3 is 2.61 bits per heavy atom. The summed E-state index contributed by atoms with van der Waals surface area (Å²) in [6.07, 6.45) is 0. The van der Waals surface area contributed by atoms with E-state index in [9.17, 15) is 9.18 Å². The molecule has 0 radical (unpaired) electrons. The molecule has 0 unspecified atom stereocenters. The van der Waals surface area contributed by atoms with Crippen molar-refractivity contribution in [3.63, 3.8) is 0 Å². The third-order valence-electron chi connectivity index (χ3n) is 4.15. The maximum atomic E-state index is 13.1. The molecule has 0 bridgehead atoms. The largest absolute Gasteiger partial charge is 0.342 e. The van der Waals surface area contributed by atoms with Gasteiger partial charge in [-0.25, -0.2) is 4.39 Å². The lowest BCUT2D eigenvalue weighted by molar-refractivity contribution is 0.0937. The minimum Gasteiger partial charge on any atom is -0.342 e. The molecule has 0 aliphatic carbocycles. The molecular weight excluding hydrogens is 361 g/mol. The van der Waals surface area contributed by atoms with Crippen molar-refractivity contribution in [2.75, 3.05) is 0 Å². The summed E-state index contributed by atoms with van der Waals surface area (Å²) in [7, 11) is 1.67. The van der Waals surface area contributed by atoms with Crippen LogP contribution in [0.2, 0.25) is 0 Å². The van der Waals surface area contributed by atoms with Crippen molar-refractivity contribution in [2.24, 2.45) is 7.05 Å². The fourth-order valence-corrected chi connectivity index (χ4v) is 2.72. The van der Waals surface area contributed by atoms with Crippen molar-refractivity contribution in [3.8, 4) is 22.6 Å². The van der Waals surface area contributed by atoms with E-state index in [-0.39, 0.29) is 18.3 Å². The zero-order chi connectivity index (χ0) is 19.5. The zero-order valence-corrected chi connectivity index (χ0v) is 15.0. The van der Waals surface area contributed by atoms with Crippen LogP contribution in [-0.2, 0) is 13.6 Å². The van der Waals surface area contributed by atoms with E-state index in [1.54, 1.807) is 25.2 Å². The highest BCUT2D eigenvalue weighted by Crippen LogP contribution is 2.19. The fourth-order valence-electron chi connectivity index (χ4n) is 2.72. The van der Waals surface area contributed by atoms with Crippen LogP contribution in [0.5, 0.6) is 0 Å². The first-order valence-electron chi connectivity index (χ1n) is 8.56. The van der Waals surface area contributed by atoms with Crippen LogP contribution in [0.1, 0.15) is 16.4 Å². The number of aromatic nitrogens is 4. The van der Waals surface area contributed by atoms with E-state index in [2.05, 4.69) is 20.6 Å².